The molecule has 0 fully saturated rings. The van der Waals surface area contributed by atoms with Gasteiger partial charge in [-0.2, -0.15) is 0 Å². The molecule has 0 aliphatic carbocycles. The summed E-state index contributed by atoms with van der Waals surface area (Å²) in [6.45, 7) is 6.70. The van der Waals surface area contributed by atoms with Gasteiger partial charge in [0.2, 0.25) is 0 Å². The molecule has 36 heavy (non-hydrogen) atoms. The van der Waals surface area contributed by atoms with Crippen LogP contribution in [0.15, 0.2) is 95.7 Å². The molecule has 1 radical (unpaired) electrons. The van der Waals surface area contributed by atoms with Crippen LogP contribution in [-0.4, -0.2) is 9.97 Å². The molecule has 3 nitrogen and oxygen atoms in total. The van der Waals surface area contributed by atoms with E-state index in [0.717, 1.165) is 38.7 Å². The van der Waals surface area contributed by atoms with Gasteiger partial charge in [-0.05, 0) is 40.3 Å². The number of hydrogen-bond acceptors (Lipinski definition) is 3. The third-order valence-electron chi connectivity index (χ3n) is 6.38. The van der Waals surface area contributed by atoms with Crippen molar-refractivity contribution in [1.29, 1.82) is 0 Å². The largest absolute Gasteiger partial charge is 0.457 e. The summed E-state index contributed by atoms with van der Waals surface area (Å²) in [6, 6.07) is 32.8. The number of hydrogen-bond donors (Lipinski definition) is 0. The number of aromatic nitrogens is 2. The molecule has 3 aromatic heterocycles. The molecule has 3 heterocycles. The maximum absolute atomic E-state index is 6.17. The molecule has 4 aromatic carbocycles. The van der Waals surface area contributed by atoms with E-state index in [0.29, 0.717) is 0 Å². The first kappa shape index (κ1) is 24.1. The Morgan fingerprint density at radius 3 is 2.31 bits per heavy atom. The predicted molar refractivity (Wildman–Crippen MR) is 144 cm³/mol. The van der Waals surface area contributed by atoms with Gasteiger partial charge in [-0.15, -0.1) is 65.5 Å². The van der Waals surface area contributed by atoms with Crippen molar-refractivity contribution < 1.29 is 24.5 Å². The van der Waals surface area contributed by atoms with E-state index < -0.39 is 0 Å². The van der Waals surface area contributed by atoms with Gasteiger partial charge in [0, 0.05) is 48.8 Å². The van der Waals surface area contributed by atoms with Crippen molar-refractivity contribution >= 4 is 43.6 Å². The molecular formula is C32H24IrN2O-2. The Labute approximate surface area is 223 Å². The normalized spacial score (nSPS) is 11.5. The van der Waals surface area contributed by atoms with Crippen molar-refractivity contribution in [1.82, 2.24) is 9.97 Å². The first-order valence-electron chi connectivity index (χ1n) is 11.8. The molecule has 0 aliphatic rings. The van der Waals surface area contributed by atoms with Crippen LogP contribution in [0.1, 0.15) is 26.3 Å². The standard InChI is InChI=1S/C21H16NO.C11H8N.Ir/c1-21(2,3)12-10-15-13-6-4-5-7-14(13)20-19-16(8-9-22-20)23-17(11-12)18(15)19;1-2-6-10(7-3-1)11-8-4-5-9-12-11;/h4-6,8-11H,1-3H3;1-6,8-9H;/q2*-1;. The number of fused-ring (bicyclic) bond motifs is 3. The molecule has 0 N–H and O–H groups in total. The van der Waals surface area contributed by atoms with Crippen LogP contribution < -0.4 is 0 Å². The number of benzene rings is 4. The summed E-state index contributed by atoms with van der Waals surface area (Å²) in [4.78, 5) is 8.83. The van der Waals surface area contributed by atoms with E-state index in [1.165, 1.54) is 21.7 Å². The van der Waals surface area contributed by atoms with Crippen molar-refractivity contribution in [3.05, 3.63) is 109 Å². The molecule has 4 heteroatoms. The monoisotopic (exact) mass is 645 g/mol. The molecule has 0 bridgehead atoms. The maximum atomic E-state index is 6.17. The summed E-state index contributed by atoms with van der Waals surface area (Å²) in [6.07, 6.45) is 3.61. The van der Waals surface area contributed by atoms with Crippen molar-refractivity contribution in [3.8, 4) is 11.3 Å². The van der Waals surface area contributed by atoms with Crippen LogP contribution in [0.25, 0.3) is 54.9 Å². The number of rotatable bonds is 1. The van der Waals surface area contributed by atoms with Gasteiger partial charge in [0.25, 0.3) is 0 Å². The van der Waals surface area contributed by atoms with E-state index in [9.17, 15) is 0 Å². The maximum Gasteiger partial charge on any atom is 0.134 e. The van der Waals surface area contributed by atoms with Crippen LogP contribution in [0, 0.1) is 12.1 Å². The van der Waals surface area contributed by atoms with Crippen molar-refractivity contribution in [3.63, 3.8) is 0 Å². The molecule has 0 saturated heterocycles. The minimum Gasteiger partial charge on any atom is -0.457 e. The van der Waals surface area contributed by atoms with Crippen molar-refractivity contribution in [2.45, 2.75) is 26.2 Å². The summed E-state index contributed by atoms with van der Waals surface area (Å²) < 4.78 is 6.17. The second kappa shape index (κ2) is 9.46. The zero-order valence-electron chi connectivity index (χ0n) is 20.3. The number of nitrogens with zero attached hydrogens (tertiary/aromatic N) is 2. The SMILES string of the molecule is CC(C)(C)c1cc2oc3ccnc4c5[c-]cccc5c(c1)c2c34.[Ir].[c-]1ccccc1-c1ccccn1. The van der Waals surface area contributed by atoms with Gasteiger partial charge < -0.3 is 14.4 Å². The van der Waals surface area contributed by atoms with Gasteiger partial charge in [0.15, 0.2) is 0 Å². The quantitative estimate of drug-likeness (QED) is 0.133. The molecule has 0 unspecified atom stereocenters. The zero-order chi connectivity index (χ0) is 24.0. The van der Waals surface area contributed by atoms with E-state index in [2.05, 4.69) is 61.1 Å². The van der Waals surface area contributed by atoms with Crippen LogP contribution in [0.2, 0.25) is 0 Å². The predicted octanol–water partition coefficient (Wildman–Crippen LogP) is 8.37. The molecule has 0 aliphatic heterocycles. The topological polar surface area (TPSA) is 38.9 Å². The average Bonchev–Trinajstić information content (AvgIpc) is 3.28. The smallest absolute Gasteiger partial charge is 0.134 e. The molecule has 179 valence electrons. The Bertz CT molecular complexity index is 1730. The minimum absolute atomic E-state index is 0. The first-order valence-corrected chi connectivity index (χ1v) is 11.8. The van der Waals surface area contributed by atoms with Crippen LogP contribution in [-0.2, 0) is 25.5 Å². The van der Waals surface area contributed by atoms with E-state index >= 15 is 0 Å². The fourth-order valence-corrected chi connectivity index (χ4v) is 4.61. The fraction of sp³-hybridized carbons (Fsp3) is 0.125. The summed E-state index contributed by atoms with van der Waals surface area (Å²) in [7, 11) is 0. The molecule has 7 aromatic rings. The molecular weight excluding hydrogens is 621 g/mol. The van der Waals surface area contributed by atoms with Gasteiger partial charge in [-0.3, -0.25) is 0 Å². The van der Waals surface area contributed by atoms with E-state index in [1.807, 2.05) is 66.9 Å². The van der Waals surface area contributed by atoms with Crippen molar-refractivity contribution in [2.75, 3.05) is 0 Å². The fourth-order valence-electron chi connectivity index (χ4n) is 4.61. The second-order valence-electron chi connectivity index (χ2n) is 9.73. The van der Waals surface area contributed by atoms with Gasteiger partial charge in [-0.1, -0.05) is 44.4 Å². The van der Waals surface area contributed by atoms with Gasteiger partial charge >= 0.3 is 0 Å². The number of furan rings is 1. The summed E-state index contributed by atoms with van der Waals surface area (Å²) in [5.74, 6) is 0. The first-order chi connectivity index (χ1) is 17.0. The molecule has 0 atom stereocenters. The van der Waals surface area contributed by atoms with E-state index in [4.69, 9.17) is 4.42 Å². The second-order valence-corrected chi connectivity index (χ2v) is 9.73. The summed E-state index contributed by atoms with van der Waals surface area (Å²) in [5.41, 5.74) is 6.20. The minimum atomic E-state index is 0. The van der Waals surface area contributed by atoms with Gasteiger partial charge in [-0.25, -0.2) is 0 Å². The molecule has 7 rings (SSSR count). The Morgan fingerprint density at radius 2 is 1.56 bits per heavy atom. The third kappa shape index (κ3) is 4.17. The molecule has 0 saturated carbocycles. The van der Waals surface area contributed by atoms with Gasteiger partial charge in [0.05, 0.1) is 0 Å². The summed E-state index contributed by atoms with van der Waals surface area (Å²) >= 11 is 0. The van der Waals surface area contributed by atoms with E-state index in [1.54, 1.807) is 6.20 Å². The Kier molecular flexibility index (Phi) is 6.34. The van der Waals surface area contributed by atoms with Crippen LogP contribution in [0.4, 0.5) is 0 Å². The Morgan fingerprint density at radius 1 is 0.722 bits per heavy atom. The van der Waals surface area contributed by atoms with E-state index in [-0.39, 0.29) is 25.5 Å². The van der Waals surface area contributed by atoms with Crippen LogP contribution >= 0.6 is 0 Å². The van der Waals surface area contributed by atoms with Crippen molar-refractivity contribution in [2.24, 2.45) is 0 Å². The Balaban J connectivity index is 0.000000175. The zero-order valence-corrected chi connectivity index (χ0v) is 22.7. The van der Waals surface area contributed by atoms with Crippen LogP contribution in [0.5, 0.6) is 0 Å². The number of pyridine rings is 2. The molecule has 0 spiro atoms. The summed E-state index contributed by atoms with van der Waals surface area (Å²) in [5, 5.41) is 5.80. The third-order valence-corrected chi connectivity index (χ3v) is 6.38. The van der Waals surface area contributed by atoms with Gasteiger partial charge in [0.1, 0.15) is 11.2 Å². The molecule has 0 amide bonds. The average molecular weight is 645 g/mol. The Hall–Kier alpha value is -3.59. The van der Waals surface area contributed by atoms with Crippen LogP contribution in [0.3, 0.4) is 0 Å².